The number of aryl methyl sites for hydroxylation is 2. The molecular formula is C17H15N7O5. The lowest BCUT2D eigenvalue weighted by Crippen LogP contribution is -2.29. The largest absolute Gasteiger partial charge is 0.358 e. The third-order valence-corrected chi connectivity index (χ3v) is 4.46. The molecule has 12 heteroatoms. The summed E-state index contributed by atoms with van der Waals surface area (Å²) in [6, 6.07) is 6.47. The maximum Gasteiger partial charge on any atom is 0.342 e. The molecule has 2 amide bonds. The molecule has 1 aliphatic heterocycles. The molecule has 12 nitrogen and oxygen atoms in total. The van der Waals surface area contributed by atoms with Crippen LogP contribution in [0.25, 0.3) is 0 Å². The van der Waals surface area contributed by atoms with E-state index in [0.717, 1.165) is 0 Å². The molecule has 0 atom stereocenters. The van der Waals surface area contributed by atoms with Crippen molar-refractivity contribution in [3.05, 3.63) is 69.4 Å². The highest BCUT2D eigenvalue weighted by atomic mass is 16.7. The molecule has 0 radical (unpaired) electrons. The van der Waals surface area contributed by atoms with Gasteiger partial charge in [0.15, 0.2) is 5.82 Å². The highest BCUT2D eigenvalue weighted by molar-refractivity contribution is 6.20. The van der Waals surface area contributed by atoms with Crippen LogP contribution in [0.4, 0.5) is 5.82 Å². The SMILES string of the molecule is Cc1ncc([N+](=O)[O-])n1CCn1cc(CON2C(=O)c3ccccc3C2=O)nn1. The molecule has 3 heterocycles. The molecule has 0 saturated heterocycles. The number of rotatable bonds is 7. The molecule has 2 aromatic heterocycles. The third-order valence-electron chi connectivity index (χ3n) is 4.46. The molecule has 0 fully saturated rings. The molecule has 1 aliphatic rings. The number of carbonyl (C=O) groups excluding carboxylic acids is 2. The van der Waals surface area contributed by atoms with Crippen LogP contribution in [0.5, 0.6) is 0 Å². The average Bonchev–Trinajstić information content (AvgIpc) is 3.37. The van der Waals surface area contributed by atoms with E-state index in [-0.39, 0.29) is 19.0 Å². The number of benzene rings is 1. The molecule has 1 aromatic carbocycles. The number of carbonyl (C=O) groups is 2. The molecule has 3 aromatic rings. The van der Waals surface area contributed by atoms with Crippen molar-refractivity contribution in [2.45, 2.75) is 26.6 Å². The predicted molar refractivity (Wildman–Crippen MR) is 95.4 cm³/mol. The van der Waals surface area contributed by atoms with Crippen molar-refractivity contribution in [1.29, 1.82) is 0 Å². The van der Waals surface area contributed by atoms with E-state index in [2.05, 4.69) is 15.3 Å². The summed E-state index contributed by atoms with van der Waals surface area (Å²) in [5, 5.41) is 19.6. The van der Waals surface area contributed by atoms with Crippen molar-refractivity contribution in [1.82, 2.24) is 29.6 Å². The van der Waals surface area contributed by atoms with Crippen LogP contribution in [0.3, 0.4) is 0 Å². The third kappa shape index (κ3) is 3.36. The maximum atomic E-state index is 12.3. The highest BCUT2D eigenvalue weighted by Crippen LogP contribution is 2.23. The quantitative estimate of drug-likeness (QED) is 0.328. The number of nitro groups is 1. The lowest BCUT2D eigenvalue weighted by Gasteiger charge is -2.11. The summed E-state index contributed by atoms with van der Waals surface area (Å²) in [5.41, 5.74) is 0.982. The van der Waals surface area contributed by atoms with E-state index >= 15 is 0 Å². The monoisotopic (exact) mass is 397 g/mol. The van der Waals surface area contributed by atoms with Gasteiger partial charge in [-0.15, -0.1) is 10.2 Å². The minimum atomic E-state index is -0.527. The number of aromatic nitrogens is 5. The van der Waals surface area contributed by atoms with E-state index in [4.69, 9.17) is 4.84 Å². The number of imidazole rings is 1. The standard InChI is InChI=1S/C17H15N7O5/c1-11-18-8-15(24(27)28)22(11)7-6-21-9-12(19-20-21)10-29-23-16(25)13-4-2-3-5-14(13)17(23)26/h2-5,8-9H,6-7,10H2,1H3. The zero-order valence-corrected chi connectivity index (χ0v) is 15.3. The van der Waals surface area contributed by atoms with Gasteiger partial charge in [-0.05, 0) is 17.1 Å². The van der Waals surface area contributed by atoms with Crippen LogP contribution < -0.4 is 0 Å². The number of amides is 2. The number of imide groups is 1. The lowest BCUT2D eigenvalue weighted by molar-refractivity contribution is -0.392. The van der Waals surface area contributed by atoms with Crippen LogP contribution in [0.15, 0.2) is 36.7 Å². The van der Waals surface area contributed by atoms with E-state index < -0.39 is 16.7 Å². The number of hydrogen-bond donors (Lipinski definition) is 0. The van der Waals surface area contributed by atoms with Crippen molar-refractivity contribution in [2.75, 3.05) is 0 Å². The Bertz CT molecular complexity index is 1080. The Hall–Kier alpha value is -3.93. The van der Waals surface area contributed by atoms with Gasteiger partial charge in [0, 0.05) is 6.92 Å². The fraction of sp³-hybridized carbons (Fsp3) is 0.235. The van der Waals surface area contributed by atoms with Crippen LogP contribution in [-0.4, -0.2) is 46.3 Å². The summed E-state index contributed by atoms with van der Waals surface area (Å²) < 4.78 is 2.96. The Balaban J connectivity index is 1.37. The topological polar surface area (TPSA) is 138 Å². The van der Waals surface area contributed by atoms with Gasteiger partial charge in [0.05, 0.1) is 23.9 Å². The molecular weight excluding hydrogens is 382 g/mol. The van der Waals surface area contributed by atoms with Crippen LogP contribution in [-0.2, 0) is 24.5 Å². The van der Waals surface area contributed by atoms with Crippen molar-refractivity contribution in [2.24, 2.45) is 0 Å². The van der Waals surface area contributed by atoms with E-state index in [1.54, 1.807) is 37.4 Å². The van der Waals surface area contributed by atoms with Gasteiger partial charge in [0.2, 0.25) is 0 Å². The molecule has 0 spiro atoms. The lowest BCUT2D eigenvalue weighted by atomic mass is 10.1. The molecule has 4 rings (SSSR count). The first-order chi connectivity index (χ1) is 14.0. The van der Waals surface area contributed by atoms with E-state index in [9.17, 15) is 19.7 Å². The number of nitrogens with zero attached hydrogens (tertiary/aromatic N) is 7. The molecule has 0 N–H and O–H groups in total. The predicted octanol–water partition coefficient (Wildman–Crippen LogP) is 1.12. The fourth-order valence-electron chi connectivity index (χ4n) is 3.01. The Kier molecular flexibility index (Phi) is 4.60. The molecule has 29 heavy (non-hydrogen) atoms. The van der Waals surface area contributed by atoms with Crippen molar-refractivity contribution in [3.63, 3.8) is 0 Å². The summed E-state index contributed by atoms with van der Waals surface area (Å²) in [7, 11) is 0. The minimum absolute atomic E-state index is 0.100. The van der Waals surface area contributed by atoms with Gasteiger partial charge in [0.1, 0.15) is 25.0 Å². The Morgan fingerprint density at radius 1 is 1.14 bits per heavy atom. The summed E-state index contributed by atoms with van der Waals surface area (Å²) >= 11 is 0. The van der Waals surface area contributed by atoms with Crippen molar-refractivity contribution < 1.29 is 19.3 Å². The summed E-state index contributed by atoms with van der Waals surface area (Å²) in [4.78, 5) is 44.3. The first kappa shape index (κ1) is 18.4. The zero-order valence-electron chi connectivity index (χ0n) is 15.3. The van der Waals surface area contributed by atoms with Gasteiger partial charge >= 0.3 is 5.82 Å². The van der Waals surface area contributed by atoms with Crippen LogP contribution in [0.2, 0.25) is 0 Å². The van der Waals surface area contributed by atoms with Gasteiger partial charge in [-0.3, -0.25) is 14.4 Å². The van der Waals surface area contributed by atoms with E-state index in [1.165, 1.54) is 15.4 Å². The van der Waals surface area contributed by atoms with Gasteiger partial charge in [-0.1, -0.05) is 17.3 Å². The smallest absolute Gasteiger partial charge is 0.342 e. The Labute approximate surface area is 163 Å². The van der Waals surface area contributed by atoms with Crippen molar-refractivity contribution in [3.8, 4) is 0 Å². The summed E-state index contributed by atoms with van der Waals surface area (Å²) in [6.45, 7) is 2.15. The number of fused-ring (bicyclic) bond motifs is 1. The van der Waals surface area contributed by atoms with Crippen LogP contribution >= 0.6 is 0 Å². The van der Waals surface area contributed by atoms with E-state index in [0.29, 0.717) is 34.3 Å². The minimum Gasteiger partial charge on any atom is -0.358 e. The van der Waals surface area contributed by atoms with Crippen molar-refractivity contribution >= 4 is 17.6 Å². The van der Waals surface area contributed by atoms with Crippen LogP contribution in [0, 0.1) is 17.0 Å². The summed E-state index contributed by atoms with van der Waals surface area (Å²) in [5.74, 6) is -0.635. The maximum absolute atomic E-state index is 12.3. The molecule has 148 valence electrons. The zero-order chi connectivity index (χ0) is 20.5. The van der Waals surface area contributed by atoms with E-state index in [1.807, 2.05) is 0 Å². The Morgan fingerprint density at radius 2 is 1.83 bits per heavy atom. The fourth-order valence-corrected chi connectivity index (χ4v) is 3.01. The summed E-state index contributed by atoms with van der Waals surface area (Å²) in [6.07, 6.45) is 2.79. The van der Waals surface area contributed by atoms with Gasteiger partial charge in [-0.2, -0.15) is 0 Å². The normalized spacial score (nSPS) is 13.2. The van der Waals surface area contributed by atoms with Crippen LogP contribution in [0.1, 0.15) is 32.2 Å². The highest BCUT2D eigenvalue weighted by Gasteiger charge is 2.36. The van der Waals surface area contributed by atoms with Gasteiger partial charge in [-0.25, -0.2) is 14.2 Å². The first-order valence-electron chi connectivity index (χ1n) is 8.62. The molecule has 0 saturated carbocycles. The number of hydroxylamine groups is 2. The van der Waals surface area contributed by atoms with Gasteiger partial charge in [0.25, 0.3) is 11.8 Å². The molecule has 0 bridgehead atoms. The second-order valence-electron chi connectivity index (χ2n) is 6.27. The average molecular weight is 397 g/mol. The first-order valence-corrected chi connectivity index (χ1v) is 8.62. The number of hydrogen-bond acceptors (Lipinski definition) is 8. The molecule has 0 unspecified atom stereocenters. The molecule has 0 aliphatic carbocycles. The second kappa shape index (κ2) is 7.24. The van der Waals surface area contributed by atoms with Gasteiger partial charge < -0.3 is 10.1 Å². The second-order valence-corrected chi connectivity index (χ2v) is 6.27. The Morgan fingerprint density at radius 3 is 2.48 bits per heavy atom.